The van der Waals surface area contributed by atoms with Gasteiger partial charge >= 0.3 is 5.97 Å². The number of ether oxygens (including phenoxy) is 2. The first-order valence-electron chi connectivity index (χ1n) is 4.63. The molecule has 4 heteroatoms. The van der Waals surface area contributed by atoms with E-state index >= 15 is 0 Å². The molecule has 4 nitrogen and oxygen atoms in total. The molecule has 4 atom stereocenters. The van der Waals surface area contributed by atoms with Gasteiger partial charge in [0.15, 0.2) is 0 Å². The van der Waals surface area contributed by atoms with Gasteiger partial charge in [-0.05, 0) is 12.8 Å². The van der Waals surface area contributed by atoms with E-state index in [4.69, 9.17) is 4.74 Å². The number of esters is 1. The van der Waals surface area contributed by atoms with Crippen molar-refractivity contribution in [1.29, 1.82) is 0 Å². The molecule has 0 radical (unpaired) electrons. The van der Waals surface area contributed by atoms with Gasteiger partial charge in [0.25, 0.3) is 0 Å². The molecular weight excluding hydrogens is 172 g/mol. The lowest BCUT2D eigenvalue weighted by molar-refractivity contribution is -0.166. The number of carbonyl (C=O) groups is 1. The number of hydrogen-bond donors (Lipinski definition) is 1. The van der Waals surface area contributed by atoms with Gasteiger partial charge in [-0.1, -0.05) is 0 Å². The zero-order valence-corrected chi connectivity index (χ0v) is 7.60. The zero-order valence-electron chi connectivity index (χ0n) is 7.60. The van der Waals surface area contributed by atoms with Crippen LogP contribution in [-0.4, -0.2) is 36.5 Å². The van der Waals surface area contributed by atoms with Crippen LogP contribution in [-0.2, 0) is 14.3 Å². The summed E-state index contributed by atoms with van der Waals surface area (Å²) in [6.07, 6.45) is 1.83. The highest BCUT2D eigenvalue weighted by Crippen LogP contribution is 2.37. The molecule has 0 aliphatic carbocycles. The summed E-state index contributed by atoms with van der Waals surface area (Å²) in [6.45, 7) is 0. The third-order valence-corrected chi connectivity index (χ3v) is 2.93. The molecule has 2 aliphatic rings. The topological polar surface area (TPSA) is 55.8 Å². The van der Waals surface area contributed by atoms with Crippen LogP contribution in [0.5, 0.6) is 0 Å². The van der Waals surface area contributed by atoms with Crippen LogP contribution in [0, 0.1) is 5.92 Å². The summed E-state index contributed by atoms with van der Waals surface area (Å²) in [5, 5.41) is 9.67. The smallest absolute Gasteiger partial charge is 0.313 e. The van der Waals surface area contributed by atoms with E-state index in [1.165, 1.54) is 7.11 Å². The Balaban J connectivity index is 2.11. The fourth-order valence-corrected chi connectivity index (χ4v) is 2.28. The number of methoxy groups -OCH3 is 1. The monoisotopic (exact) mass is 186 g/mol. The summed E-state index contributed by atoms with van der Waals surface area (Å²) < 4.78 is 10.2. The van der Waals surface area contributed by atoms with Crippen LogP contribution in [0.2, 0.25) is 0 Å². The van der Waals surface area contributed by atoms with E-state index < -0.39 is 12.0 Å². The number of aliphatic hydroxyl groups is 1. The molecule has 2 heterocycles. The third kappa shape index (κ3) is 1.44. The molecule has 2 rings (SSSR count). The van der Waals surface area contributed by atoms with Gasteiger partial charge in [0.2, 0.25) is 0 Å². The maximum Gasteiger partial charge on any atom is 0.313 e. The molecule has 1 N–H and O–H groups in total. The van der Waals surface area contributed by atoms with Crippen LogP contribution in [0.3, 0.4) is 0 Å². The second kappa shape index (κ2) is 3.27. The Morgan fingerprint density at radius 2 is 2.31 bits per heavy atom. The van der Waals surface area contributed by atoms with Crippen LogP contribution >= 0.6 is 0 Å². The van der Waals surface area contributed by atoms with Gasteiger partial charge in [-0.3, -0.25) is 4.79 Å². The van der Waals surface area contributed by atoms with Crippen LogP contribution < -0.4 is 0 Å². The van der Waals surface area contributed by atoms with E-state index in [1.54, 1.807) is 0 Å². The van der Waals surface area contributed by atoms with Crippen molar-refractivity contribution in [3.8, 4) is 0 Å². The van der Waals surface area contributed by atoms with Crippen molar-refractivity contribution in [2.45, 2.75) is 37.6 Å². The number of fused-ring (bicyclic) bond motifs is 2. The van der Waals surface area contributed by atoms with Crippen LogP contribution in [0.1, 0.15) is 19.3 Å². The van der Waals surface area contributed by atoms with Crippen molar-refractivity contribution < 1.29 is 19.4 Å². The molecule has 3 unspecified atom stereocenters. The Morgan fingerprint density at radius 3 is 3.00 bits per heavy atom. The molecule has 2 fully saturated rings. The van der Waals surface area contributed by atoms with E-state index in [1.807, 2.05) is 0 Å². The molecule has 2 bridgehead atoms. The Labute approximate surface area is 76.8 Å². The van der Waals surface area contributed by atoms with Gasteiger partial charge in [0.05, 0.1) is 25.4 Å². The van der Waals surface area contributed by atoms with Crippen molar-refractivity contribution in [2.75, 3.05) is 7.11 Å². The van der Waals surface area contributed by atoms with Crippen LogP contribution in [0.15, 0.2) is 0 Å². The Bertz CT molecular complexity index is 216. The lowest BCUT2D eigenvalue weighted by Crippen LogP contribution is -2.43. The number of hydrogen-bond acceptors (Lipinski definition) is 4. The van der Waals surface area contributed by atoms with Gasteiger partial charge in [0, 0.05) is 6.42 Å². The van der Waals surface area contributed by atoms with Crippen molar-refractivity contribution >= 4 is 5.97 Å². The summed E-state index contributed by atoms with van der Waals surface area (Å²) in [4.78, 5) is 11.3. The number of carbonyl (C=O) groups excluding carboxylic acids is 1. The quantitative estimate of drug-likeness (QED) is 0.589. The Kier molecular flexibility index (Phi) is 2.26. The minimum atomic E-state index is -0.585. The molecule has 0 amide bonds. The van der Waals surface area contributed by atoms with Gasteiger partial charge in [0.1, 0.15) is 5.92 Å². The van der Waals surface area contributed by atoms with E-state index in [-0.39, 0.29) is 18.2 Å². The lowest BCUT2D eigenvalue weighted by Gasteiger charge is -2.31. The second-order valence-electron chi connectivity index (χ2n) is 3.73. The predicted octanol–water partition coefficient (Wildman–Crippen LogP) is 0.0878. The van der Waals surface area contributed by atoms with Crippen LogP contribution in [0.25, 0.3) is 0 Å². The molecule has 13 heavy (non-hydrogen) atoms. The standard InChI is InChI=1S/C9H14O4/c1-12-9(11)8-6(10)4-5-2-3-7(8)13-5/h5-8,10H,2-4H2,1H3/t5?,6?,7?,8-/m0/s1. The average Bonchev–Trinajstić information content (AvgIpc) is 2.48. The largest absolute Gasteiger partial charge is 0.469 e. The molecule has 0 aromatic heterocycles. The number of rotatable bonds is 1. The molecule has 0 spiro atoms. The first-order chi connectivity index (χ1) is 6.22. The maximum atomic E-state index is 11.3. The molecule has 2 saturated heterocycles. The highest BCUT2D eigenvalue weighted by atomic mass is 16.5. The van der Waals surface area contributed by atoms with Gasteiger partial charge in [-0.2, -0.15) is 0 Å². The second-order valence-corrected chi connectivity index (χ2v) is 3.73. The minimum Gasteiger partial charge on any atom is -0.469 e. The number of aliphatic hydroxyl groups excluding tert-OH is 1. The van der Waals surface area contributed by atoms with Crippen molar-refractivity contribution in [3.05, 3.63) is 0 Å². The predicted molar refractivity (Wildman–Crippen MR) is 44.0 cm³/mol. The molecule has 0 saturated carbocycles. The van der Waals surface area contributed by atoms with Crippen molar-refractivity contribution in [2.24, 2.45) is 5.92 Å². The van der Waals surface area contributed by atoms with Gasteiger partial charge < -0.3 is 14.6 Å². The fraction of sp³-hybridized carbons (Fsp3) is 0.889. The van der Waals surface area contributed by atoms with Gasteiger partial charge in [-0.25, -0.2) is 0 Å². The molecule has 0 aromatic carbocycles. The van der Waals surface area contributed by atoms with E-state index in [0.717, 1.165) is 12.8 Å². The summed E-state index contributed by atoms with van der Waals surface area (Å²) in [5.41, 5.74) is 0. The molecule has 2 aliphatic heterocycles. The summed E-state index contributed by atoms with van der Waals surface area (Å²) in [6, 6.07) is 0. The van der Waals surface area contributed by atoms with Crippen LogP contribution in [0.4, 0.5) is 0 Å². The van der Waals surface area contributed by atoms with Crippen molar-refractivity contribution in [3.63, 3.8) is 0 Å². The molecule has 74 valence electrons. The van der Waals surface area contributed by atoms with E-state index in [0.29, 0.717) is 6.42 Å². The third-order valence-electron chi connectivity index (χ3n) is 2.93. The Morgan fingerprint density at radius 1 is 1.54 bits per heavy atom. The lowest BCUT2D eigenvalue weighted by atomic mass is 9.92. The Hall–Kier alpha value is -0.610. The normalized spacial score (nSPS) is 43.2. The van der Waals surface area contributed by atoms with Crippen molar-refractivity contribution in [1.82, 2.24) is 0 Å². The molecule has 0 aromatic rings. The average molecular weight is 186 g/mol. The summed E-state index contributed by atoms with van der Waals surface area (Å²) in [5.74, 6) is -0.818. The highest BCUT2D eigenvalue weighted by Gasteiger charge is 2.46. The summed E-state index contributed by atoms with van der Waals surface area (Å²) >= 11 is 0. The first-order valence-corrected chi connectivity index (χ1v) is 4.63. The maximum absolute atomic E-state index is 11.3. The first kappa shape index (κ1) is 8.97. The highest BCUT2D eigenvalue weighted by molar-refractivity contribution is 5.74. The van der Waals surface area contributed by atoms with E-state index in [9.17, 15) is 9.90 Å². The minimum absolute atomic E-state index is 0.124. The zero-order chi connectivity index (χ0) is 9.42. The summed E-state index contributed by atoms with van der Waals surface area (Å²) in [7, 11) is 1.34. The van der Waals surface area contributed by atoms with Gasteiger partial charge in [-0.15, -0.1) is 0 Å². The molecular formula is C9H14O4. The van der Waals surface area contributed by atoms with E-state index in [2.05, 4.69) is 4.74 Å². The SMILES string of the molecule is COC(=O)[C@H]1C(O)CC2CCC1O2. The fourth-order valence-electron chi connectivity index (χ4n) is 2.28.